The Morgan fingerprint density at radius 1 is 1.15 bits per heavy atom. The van der Waals surface area contributed by atoms with Crippen molar-refractivity contribution in [3.8, 4) is 5.75 Å². The van der Waals surface area contributed by atoms with Crippen molar-refractivity contribution in [2.75, 3.05) is 19.6 Å². The van der Waals surface area contributed by atoms with Gasteiger partial charge in [0.15, 0.2) is 6.10 Å². The zero-order valence-corrected chi connectivity index (χ0v) is 15.8. The monoisotopic (exact) mass is 362 g/mol. The van der Waals surface area contributed by atoms with Crippen LogP contribution in [0.2, 0.25) is 0 Å². The number of halogens is 1. The molecule has 1 N–H and O–H groups in total. The molecule has 1 aliphatic heterocycles. The summed E-state index contributed by atoms with van der Waals surface area (Å²) in [5.41, 5.74) is 0. The highest BCUT2D eigenvalue weighted by atomic mass is 19.1. The van der Waals surface area contributed by atoms with Crippen LogP contribution in [-0.2, 0) is 4.79 Å². The number of carbonyl (C=O) groups is 1. The summed E-state index contributed by atoms with van der Waals surface area (Å²) in [6, 6.07) is 5.99. The minimum absolute atomic E-state index is 0.0972. The molecule has 1 aliphatic carbocycles. The summed E-state index contributed by atoms with van der Waals surface area (Å²) in [6.07, 6.45) is 8.38. The molecule has 0 unspecified atom stereocenters. The Labute approximate surface area is 156 Å². The zero-order chi connectivity index (χ0) is 18.4. The Balaban J connectivity index is 1.37. The topological polar surface area (TPSA) is 41.6 Å². The average molecular weight is 362 g/mol. The van der Waals surface area contributed by atoms with E-state index in [1.165, 1.54) is 50.8 Å². The summed E-state index contributed by atoms with van der Waals surface area (Å²) in [6.45, 7) is 5.09. The van der Waals surface area contributed by atoms with E-state index < -0.39 is 6.10 Å². The maximum absolute atomic E-state index is 12.9. The summed E-state index contributed by atoms with van der Waals surface area (Å²) in [5, 5.41) is 3.11. The molecule has 0 radical (unpaired) electrons. The molecule has 2 fully saturated rings. The lowest BCUT2D eigenvalue weighted by atomic mass is 9.88. The van der Waals surface area contributed by atoms with Gasteiger partial charge in [-0.05, 0) is 62.8 Å². The third-order valence-electron chi connectivity index (χ3n) is 5.67. The molecule has 1 aromatic carbocycles. The fourth-order valence-electron chi connectivity index (χ4n) is 4.08. The smallest absolute Gasteiger partial charge is 0.260 e. The number of hydrogen-bond donors (Lipinski definition) is 1. The lowest BCUT2D eigenvalue weighted by Crippen LogP contribution is -2.48. The first-order chi connectivity index (χ1) is 12.6. The number of carbonyl (C=O) groups excluding carboxylic acids is 1. The molecule has 0 bridgehead atoms. The number of likely N-dealkylation sites (tertiary alicyclic amines) is 1. The molecule has 3 rings (SSSR count). The van der Waals surface area contributed by atoms with Crippen LogP contribution in [0, 0.1) is 11.7 Å². The standard InChI is InChI=1S/C21H31FN2O2/c1-16(26-20-9-7-18(22)8-10-20)21(25)23-19-11-13-24(14-12-19)15-17-5-3-2-4-6-17/h7-10,16-17,19H,2-6,11-15H2,1H3,(H,23,25)/t16-/m1/s1. The van der Waals surface area contributed by atoms with Gasteiger partial charge in [0.2, 0.25) is 0 Å². The molecule has 26 heavy (non-hydrogen) atoms. The van der Waals surface area contributed by atoms with Crippen LogP contribution >= 0.6 is 0 Å². The maximum Gasteiger partial charge on any atom is 0.260 e. The first kappa shape index (κ1) is 19.2. The van der Waals surface area contributed by atoms with Gasteiger partial charge in [-0.15, -0.1) is 0 Å². The predicted molar refractivity (Wildman–Crippen MR) is 101 cm³/mol. The van der Waals surface area contributed by atoms with E-state index in [2.05, 4.69) is 10.2 Å². The molecule has 4 nitrogen and oxygen atoms in total. The van der Waals surface area contributed by atoms with Crippen molar-refractivity contribution in [1.29, 1.82) is 0 Å². The Bertz CT molecular complexity index is 564. The largest absolute Gasteiger partial charge is 0.481 e. The van der Waals surface area contributed by atoms with E-state index in [1.54, 1.807) is 19.1 Å². The summed E-state index contributed by atoms with van der Waals surface area (Å²) >= 11 is 0. The molecular weight excluding hydrogens is 331 g/mol. The van der Waals surface area contributed by atoms with Gasteiger partial charge in [-0.2, -0.15) is 0 Å². The van der Waals surface area contributed by atoms with Crippen molar-refractivity contribution in [2.24, 2.45) is 5.92 Å². The summed E-state index contributed by atoms with van der Waals surface area (Å²) in [5.74, 6) is 0.977. The van der Waals surface area contributed by atoms with Crippen LogP contribution in [0.25, 0.3) is 0 Å². The van der Waals surface area contributed by atoms with Crippen LogP contribution in [0.1, 0.15) is 51.9 Å². The van der Waals surface area contributed by atoms with Crippen LogP contribution in [0.4, 0.5) is 4.39 Å². The van der Waals surface area contributed by atoms with Crippen molar-refractivity contribution in [3.63, 3.8) is 0 Å². The van der Waals surface area contributed by atoms with E-state index in [1.807, 2.05) is 0 Å². The molecule has 1 atom stereocenters. The van der Waals surface area contributed by atoms with Gasteiger partial charge in [0.1, 0.15) is 11.6 Å². The lowest BCUT2D eigenvalue weighted by Gasteiger charge is -2.35. The fourth-order valence-corrected chi connectivity index (χ4v) is 4.08. The van der Waals surface area contributed by atoms with Gasteiger partial charge in [0.25, 0.3) is 5.91 Å². The normalized spacial score (nSPS) is 21.3. The van der Waals surface area contributed by atoms with Gasteiger partial charge in [0, 0.05) is 25.7 Å². The van der Waals surface area contributed by atoms with E-state index in [9.17, 15) is 9.18 Å². The van der Waals surface area contributed by atoms with Gasteiger partial charge in [-0.1, -0.05) is 19.3 Å². The molecule has 144 valence electrons. The van der Waals surface area contributed by atoms with Gasteiger partial charge < -0.3 is 15.0 Å². The Kier molecular flexibility index (Phi) is 6.89. The average Bonchev–Trinajstić information content (AvgIpc) is 2.66. The molecule has 5 heteroatoms. The third-order valence-corrected chi connectivity index (χ3v) is 5.67. The summed E-state index contributed by atoms with van der Waals surface area (Å²) < 4.78 is 18.5. The van der Waals surface area contributed by atoms with Gasteiger partial charge in [-0.3, -0.25) is 4.79 Å². The number of rotatable bonds is 6. The van der Waals surface area contributed by atoms with Crippen molar-refractivity contribution in [3.05, 3.63) is 30.1 Å². The summed E-state index contributed by atoms with van der Waals surface area (Å²) in [7, 11) is 0. The number of ether oxygens (including phenoxy) is 1. The molecule has 1 aromatic rings. The van der Waals surface area contributed by atoms with Crippen molar-refractivity contribution >= 4 is 5.91 Å². The molecule has 1 amide bonds. The fraction of sp³-hybridized carbons (Fsp3) is 0.667. The maximum atomic E-state index is 12.9. The van der Waals surface area contributed by atoms with Crippen molar-refractivity contribution < 1.29 is 13.9 Å². The number of benzene rings is 1. The molecule has 1 saturated heterocycles. The van der Waals surface area contributed by atoms with E-state index in [-0.39, 0.29) is 17.8 Å². The number of amides is 1. The second-order valence-electron chi connectivity index (χ2n) is 7.80. The van der Waals surface area contributed by atoms with E-state index in [0.717, 1.165) is 31.8 Å². The van der Waals surface area contributed by atoms with Crippen molar-refractivity contribution in [2.45, 2.75) is 64.0 Å². The van der Waals surface area contributed by atoms with Gasteiger partial charge in [0.05, 0.1) is 0 Å². The second kappa shape index (κ2) is 9.36. The highest BCUT2D eigenvalue weighted by Crippen LogP contribution is 2.25. The second-order valence-corrected chi connectivity index (χ2v) is 7.80. The molecule has 0 spiro atoms. The zero-order valence-electron chi connectivity index (χ0n) is 15.8. The van der Waals surface area contributed by atoms with Crippen LogP contribution in [-0.4, -0.2) is 42.6 Å². The van der Waals surface area contributed by atoms with Gasteiger partial charge in [-0.25, -0.2) is 4.39 Å². The molecule has 1 heterocycles. The van der Waals surface area contributed by atoms with E-state index in [4.69, 9.17) is 4.74 Å². The number of piperidine rings is 1. The van der Waals surface area contributed by atoms with Crippen molar-refractivity contribution in [1.82, 2.24) is 10.2 Å². The number of nitrogens with zero attached hydrogens (tertiary/aromatic N) is 1. The minimum atomic E-state index is -0.583. The highest BCUT2D eigenvalue weighted by Gasteiger charge is 2.25. The van der Waals surface area contributed by atoms with Gasteiger partial charge >= 0.3 is 0 Å². The van der Waals surface area contributed by atoms with E-state index >= 15 is 0 Å². The predicted octanol–water partition coefficient (Wildman–Crippen LogP) is 3.75. The molecule has 2 aliphatic rings. The molecule has 0 aromatic heterocycles. The van der Waals surface area contributed by atoms with Crippen LogP contribution < -0.4 is 10.1 Å². The summed E-state index contributed by atoms with van der Waals surface area (Å²) in [4.78, 5) is 14.9. The first-order valence-corrected chi connectivity index (χ1v) is 10.0. The van der Waals surface area contributed by atoms with E-state index in [0.29, 0.717) is 5.75 Å². The van der Waals surface area contributed by atoms with Crippen LogP contribution in [0.3, 0.4) is 0 Å². The SMILES string of the molecule is C[C@@H](Oc1ccc(F)cc1)C(=O)NC1CCN(CC2CCCCC2)CC1. The minimum Gasteiger partial charge on any atom is -0.481 e. The van der Waals surface area contributed by atoms with Crippen LogP contribution in [0.5, 0.6) is 5.75 Å². The highest BCUT2D eigenvalue weighted by molar-refractivity contribution is 5.81. The number of nitrogens with one attached hydrogen (secondary N) is 1. The Morgan fingerprint density at radius 2 is 1.81 bits per heavy atom. The Hall–Kier alpha value is -1.62. The first-order valence-electron chi connectivity index (χ1n) is 10.0. The molecular formula is C21H31FN2O2. The lowest BCUT2D eigenvalue weighted by molar-refractivity contribution is -0.128. The van der Waals surface area contributed by atoms with Crippen LogP contribution in [0.15, 0.2) is 24.3 Å². The molecule has 1 saturated carbocycles. The Morgan fingerprint density at radius 3 is 2.46 bits per heavy atom. The number of hydrogen-bond acceptors (Lipinski definition) is 3. The third kappa shape index (κ3) is 5.70. The quantitative estimate of drug-likeness (QED) is 0.838.